The summed E-state index contributed by atoms with van der Waals surface area (Å²) in [6.07, 6.45) is 52.2. The summed E-state index contributed by atoms with van der Waals surface area (Å²) in [5.74, 6) is -1.59. The van der Waals surface area contributed by atoms with E-state index >= 15 is 0 Å². The zero-order valence-corrected chi connectivity index (χ0v) is 46.0. The van der Waals surface area contributed by atoms with Crippen LogP contribution in [0.1, 0.15) is 212 Å². The van der Waals surface area contributed by atoms with E-state index in [9.17, 15) is 9.59 Å². The summed E-state index contributed by atoms with van der Waals surface area (Å²) in [4.78, 5) is 20.6. The zero-order chi connectivity index (χ0) is 39.2. The van der Waals surface area contributed by atoms with Crippen molar-refractivity contribution in [1.82, 2.24) is 0 Å². The quantitative estimate of drug-likeness (QED) is 0.234. The number of hydrogen-bond donors (Lipinski definition) is 2. The molecule has 0 atom stereocenters. The molecular weight excluding hydrogens is 1040 g/mol. The molecule has 6 aliphatic carbocycles. The van der Waals surface area contributed by atoms with Crippen molar-refractivity contribution in [3.63, 3.8) is 0 Å². The molecule has 58 heavy (non-hydrogen) atoms. The normalized spacial score (nSPS) is 24.9. The molecule has 0 aromatic heterocycles. The molecule has 10 heteroatoms. The first-order valence-electron chi connectivity index (χ1n) is 24.7. The van der Waals surface area contributed by atoms with Gasteiger partial charge in [-0.15, -0.1) is 26.2 Å². The fourth-order valence-corrected chi connectivity index (χ4v) is 42.2. The van der Waals surface area contributed by atoms with E-state index in [0.29, 0.717) is 25.1 Å². The van der Waals surface area contributed by atoms with Crippen LogP contribution in [0.25, 0.3) is 10.6 Å². The zero-order valence-electron chi connectivity index (χ0n) is 37.0. The van der Waals surface area contributed by atoms with Gasteiger partial charge < -0.3 is 26.3 Å². The van der Waals surface area contributed by atoms with Crippen LogP contribution in [-0.2, 0) is 9.59 Å². The number of carbonyl (C=O) groups is 2. The van der Waals surface area contributed by atoms with Crippen LogP contribution < -0.4 is 0 Å². The summed E-state index contributed by atoms with van der Waals surface area (Å²) in [6, 6.07) is 0. The Morgan fingerprint density at radius 3 is 0.931 bits per heavy atom. The second kappa shape index (κ2) is 31.7. The summed E-state index contributed by atoms with van der Waals surface area (Å²) in [5, 5.41) is 24.9. The molecule has 331 valence electrons. The Hall–Kier alpha value is 0.956. The molecule has 4 N–H and O–H groups in total. The van der Waals surface area contributed by atoms with E-state index in [1.165, 1.54) is 23.6 Å². The van der Waals surface area contributed by atoms with Crippen molar-refractivity contribution in [2.75, 3.05) is 26.2 Å². The fourth-order valence-electron chi connectivity index (χ4n) is 12.4. The number of carboxylic acid groups (broad SMARTS) is 2. The molecular formula is C48H87N2O5Sn3. The molecule has 0 spiro atoms. The van der Waals surface area contributed by atoms with Crippen molar-refractivity contribution >= 4 is 75.4 Å². The van der Waals surface area contributed by atoms with Gasteiger partial charge in [0.15, 0.2) is 0 Å². The molecule has 7 fully saturated rings. The summed E-state index contributed by atoms with van der Waals surface area (Å²) in [6.45, 7) is 2.70. The van der Waals surface area contributed by atoms with Gasteiger partial charge in [-0.3, -0.25) is 4.79 Å². The van der Waals surface area contributed by atoms with Crippen LogP contribution in [0.5, 0.6) is 0 Å². The fraction of sp³-hybridized carbons (Fsp3) is 0.917. The summed E-state index contributed by atoms with van der Waals surface area (Å²) in [7, 11) is 0. The van der Waals surface area contributed by atoms with Gasteiger partial charge in [-0.25, -0.2) is 4.79 Å². The van der Waals surface area contributed by atoms with Crippen molar-refractivity contribution in [2.45, 2.75) is 235 Å². The molecule has 7 nitrogen and oxygen atoms in total. The first kappa shape index (κ1) is 53.3. The molecule has 1 saturated heterocycles. The van der Waals surface area contributed by atoms with Crippen LogP contribution in [-0.4, -0.2) is 117 Å². The second-order valence-corrected chi connectivity index (χ2v) is 38.9. The molecule has 0 aromatic rings. The third-order valence-electron chi connectivity index (χ3n) is 15.4. The monoisotopic (exact) mass is 1130 g/mol. The molecule has 3 radical (unpaired) electrons. The summed E-state index contributed by atoms with van der Waals surface area (Å²) < 4.78 is 7.93. The molecule has 0 amide bonds. The van der Waals surface area contributed by atoms with Gasteiger partial charge in [-0.05, 0) is 6.42 Å². The number of aliphatic carboxylic acids is 2. The van der Waals surface area contributed by atoms with Gasteiger partial charge in [-0.1, -0.05) is 18.9 Å². The Morgan fingerprint density at radius 1 is 0.448 bits per heavy atom. The molecule has 8 rings (SSSR count). The van der Waals surface area contributed by atoms with Crippen molar-refractivity contribution in [3.05, 3.63) is 22.3 Å². The van der Waals surface area contributed by atoms with Crippen LogP contribution in [0.4, 0.5) is 0 Å². The van der Waals surface area contributed by atoms with Gasteiger partial charge >= 0.3 is 292 Å². The van der Waals surface area contributed by atoms with E-state index in [4.69, 9.17) is 10.2 Å². The number of rotatable bonds is 8. The number of hydrogen-bond acceptors (Lipinski definition) is 2. The molecule has 0 unspecified atom stereocenters. The van der Waals surface area contributed by atoms with Gasteiger partial charge in [0.1, 0.15) is 0 Å². The van der Waals surface area contributed by atoms with E-state index in [1.54, 1.807) is 199 Å². The van der Waals surface area contributed by atoms with Crippen LogP contribution in [0.2, 0.25) is 23.6 Å². The molecule has 8 aliphatic rings. The van der Waals surface area contributed by atoms with Crippen LogP contribution in [0.3, 0.4) is 0 Å². The average Bonchev–Trinajstić information content (AvgIpc) is 3.27. The Bertz CT molecular complexity index is 963. The Balaban J connectivity index is 0.000000217. The van der Waals surface area contributed by atoms with Gasteiger partial charge in [0.05, 0.1) is 5.92 Å². The van der Waals surface area contributed by atoms with E-state index in [0.717, 1.165) is 25.9 Å². The summed E-state index contributed by atoms with van der Waals surface area (Å²) >= 11 is -2.30. The number of carboxylic acids is 2. The summed E-state index contributed by atoms with van der Waals surface area (Å²) in [5.41, 5.74) is 0.505. The Morgan fingerprint density at radius 2 is 0.741 bits per heavy atom. The van der Waals surface area contributed by atoms with Gasteiger partial charge in [0, 0.05) is 5.57 Å². The standard InChI is InChI=1S/C6H10NO2.C6H8NO2.6C6H11.H2O.3Sn.H/c2*8-6(9)5-1-3-7-4-2-5;6*1-2-4-6-5-3-1;;;;;/h5H,1-4H2,(H,8,9);1H,2-4H2,(H,8,9);6*1H,2-6H2;1H2;;;;/q2*-1;;;;;;;;;2*+1;. The van der Waals surface area contributed by atoms with Crippen LogP contribution in [0.15, 0.2) is 11.6 Å². The van der Waals surface area contributed by atoms with Crippen LogP contribution >= 0.6 is 0 Å². The predicted molar refractivity (Wildman–Crippen MR) is 250 cm³/mol. The topological polar surface area (TPSA) is 134 Å². The molecule has 0 aromatic carbocycles. The third kappa shape index (κ3) is 19.0. The van der Waals surface area contributed by atoms with Crippen molar-refractivity contribution in [1.29, 1.82) is 0 Å². The maximum atomic E-state index is 10.3. The first-order chi connectivity index (χ1) is 27.5. The van der Waals surface area contributed by atoms with E-state index < -0.39 is 51.5 Å². The predicted octanol–water partition coefficient (Wildman–Crippen LogP) is 13.1. The van der Waals surface area contributed by atoms with Crippen molar-refractivity contribution < 1.29 is 25.3 Å². The average molecular weight is 1130 g/mol. The van der Waals surface area contributed by atoms with E-state index in [2.05, 4.69) is 10.6 Å². The maximum absolute atomic E-state index is 10.3. The Labute approximate surface area is 387 Å². The molecule has 6 saturated carbocycles. The van der Waals surface area contributed by atoms with E-state index in [1.807, 2.05) is 0 Å². The van der Waals surface area contributed by atoms with Gasteiger partial charge in [0.2, 0.25) is 0 Å². The molecule has 2 heterocycles. The minimum absolute atomic E-state index is 0. The Kier molecular flexibility index (Phi) is 29.2. The molecule has 2 aliphatic heterocycles. The minimum atomic E-state index is -1.15. The number of nitrogens with zero attached hydrogens (tertiary/aromatic N) is 2. The number of piperidine rings is 1. The van der Waals surface area contributed by atoms with Gasteiger partial charge in [0.25, 0.3) is 0 Å². The van der Waals surface area contributed by atoms with Crippen molar-refractivity contribution in [2.24, 2.45) is 5.92 Å². The first-order valence-corrected chi connectivity index (χ1v) is 34.5. The third-order valence-corrected chi connectivity index (χ3v) is 41.4. The molecule has 0 bridgehead atoms. The van der Waals surface area contributed by atoms with Gasteiger partial charge in [-0.2, -0.15) is 0 Å². The van der Waals surface area contributed by atoms with Crippen LogP contribution in [0, 0.1) is 5.92 Å². The second-order valence-electron chi connectivity index (χ2n) is 19.2. The van der Waals surface area contributed by atoms with Crippen molar-refractivity contribution in [3.8, 4) is 0 Å². The SMILES string of the molecule is C1CC[CH]([Sn+]([CH]2CCCCC2)[CH]2CCCCC2)CC1.C1CC[CH]([Sn+]([CH]2CCCCC2)[CH]2CCCCC2)CC1.O.O=C(O)C1=CC[N-]CC1.O=C(O)C1CC[N-]CC1.[SnH]. The van der Waals surface area contributed by atoms with E-state index in [-0.39, 0.29) is 35.3 Å².